The van der Waals surface area contributed by atoms with E-state index in [4.69, 9.17) is 16.7 Å². The Morgan fingerprint density at radius 2 is 2.25 bits per heavy atom. The van der Waals surface area contributed by atoms with E-state index in [-0.39, 0.29) is 5.76 Å². The van der Waals surface area contributed by atoms with Gasteiger partial charge in [0, 0.05) is 17.9 Å². The molecule has 0 radical (unpaired) electrons. The summed E-state index contributed by atoms with van der Waals surface area (Å²) in [6.07, 6.45) is 5.84. The molecule has 12 heavy (non-hydrogen) atoms. The molecule has 0 atom stereocenters. The zero-order chi connectivity index (χ0) is 9.40. The summed E-state index contributed by atoms with van der Waals surface area (Å²) in [6, 6.07) is 0. The van der Waals surface area contributed by atoms with Crippen LogP contribution < -0.4 is 0 Å². The summed E-state index contributed by atoms with van der Waals surface area (Å²) >= 11 is 5.62. The van der Waals surface area contributed by atoms with Gasteiger partial charge in [-0.3, -0.25) is 0 Å². The van der Waals surface area contributed by atoms with Gasteiger partial charge in [0.25, 0.3) is 0 Å². The van der Waals surface area contributed by atoms with Gasteiger partial charge in [0.15, 0.2) is 0 Å². The minimum atomic E-state index is 0.102. The molecule has 0 bridgehead atoms. The summed E-state index contributed by atoms with van der Waals surface area (Å²) in [5.74, 6) is 0.102. The molecule has 2 nitrogen and oxygen atoms in total. The minimum Gasteiger partial charge on any atom is -0.512 e. The highest BCUT2D eigenvalue weighted by Crippen LogP contribution is 2.08. The average molecular weight is 187 g/mol. The fourth-order valence-corrected chi connectivity index (χ4v) is 0.814. The van der Waals surface area contributed by atoms with Crippen molar-refractivity contribution in [3.05, 3.63) is 35.6 Å². The predicted octanol–water partition coefficient (Wildman–Crippen LogP) is 2.72. The summed E-state index contributed by atoms with van der Waals surface area (Å²) < 4.78 is 0. The molecule has 0 saturated carbocycles. The van der Waals surface area contributed by atoms with Gasteiger partial charge in [-0.1, -0.05) is 24.3 Å². The van der Waals surface area contributed by atoms with E-state index >= 15 is 0 Å². The van der Waals surface area contributed by atoms with Crippen LogP contribution in [0.15, 0.2) is 35.6 Å². The van der Waals surface area contributed by atoms with Crippen molar-refractivity contribution >= 4 is 17.9 Å². The maximum Gasteiger partial charge on any atom is 0.120 e. The summed E-state index contributed by atoms with van der Waals surface area (Å²) in [7, 11) is 0. The van der Waals surface area contributed by atoms with Crippen LogP contribution in [0.4, 0.5) is 0 Å². The molecular formula is C9H11ClO2. The van der Waals surface area contributed by atoms with Crippen molar-refractivity contribution < 1.29 is 9.90 Å². The van der Waals surface area contributed by atoms with Crippen LogP contribution in [0.3, 0.4) is 0 Å². The fraction of sp³-hybridized carbons (Fsp3) is 0.222. The summed E-state index contributed by atoms with van der Waals surface area (Å²) in [5, 5.41) is 9.52. The molecule has 0 rings (SSSR count). The third kappa shape index (κ3) is 5.74. The molecular weight excluding hydrogens is 176 g/mol. The van der Waals surface area contributed by atoms with E-state index in [9.17, 15) is 4.79 Å². The quantitative estimate of drug-likeness (QED) is 0.407. The zero-order valence-corrected chi connectivity index (χ0v) is 7.42. The lowest BCUT2D eigenvalue weighted by Gasteiger charge is -1.94. The van der Waals surface area contributed by atoms with E-state index in [1.54, 1.807) is 6.08 Å². The lowest BCUT2D eigenvalue weighted by atomic mass is 10.2. The highest BCUT2D eigenvalue weighted by Gasteiger charge is 1.93. The Labute approximate surface area is 76.8 Å². The molecule has 0 aromatic carbocycles. The summed E-state index contributed by atoms with van der Waals surface area (Å²) in [4.78, 5) is 9.92. The minimum absolute atomic E-state index is 0.102. The first-order valence-electron chi connectivity index (χ1n) is 3.52. The van der Waals surface area contributed by atoms with Crippen LogP contribution in [-0.2, 0) is 4.79 Å². The Hall–Kier alpha value is -1.02. The number of carbonyl (C=O) groups excluding carboxylic acids is 1. The molecule has 0 fully saturated rings. The molecule has 3 heteroatoms. The second-order valence-corrected chi connectivity index (χ2v) is 2.56. The van der Waals surface area contributed by atoms with E-state index < -0.39 is 0 Å². The molecule has 1 N–H and O–H groups in total. The first-order valence-corrected chi connectivity index (χ1v) is 3.90. The van der Waals surface area contributed by atoms with E-state index in [1.165, 1.54) is 12.2 Å². The van der Waals surface area contributed by atoms with Crippen LogP contribution in [0, 0.1) is 0 Å². The standard InChI is InChI=1S/C9H11ClO2/c1-2-4-8(10)7-9(12)5-3-6-11/h2,4,6-7,12H,1,3,5H2/b8-4+,9-7+. The van der Waals surface area contributed by atoms with Crippen LogP contribution in [-0.4, -0.2) is 11.4 Å². The number of aliphatic hydroxyl groups is 1. The van der Waals surface area contributed by atoms with Crippen molar-refractivity contribution in [3.8, 4) is 0 Å². The number of aldehydes is 1. The molecule has 0 amide bonds. The lowest BCUT2D eigenvalue weighted by Crippen LogP contribution is -1.82. The SMILES string of the molecule is C=C/C=C(Cl)\C=C(\O)CCC=O. The van der Waals surface area contributed by atoms with Crippen LogP contribution in [0.1, 0.15) is 12.8 Å². The molecule has 0 unspecified atom stereocenters. The molecule has 0 aliphatic carbocycles. The number of halogens is 1. The van der Waals surface area contributed by atoms with Gasteiger partial charge < -0.3 is 9.90 Å². The highest BCUT2D eigenvalue weighted by molar-refractivity contribution is 6.31. The van der Waals surface area contributed by atoms with Crippen molar-refractivity contribution in [1.29, 1.82) is 0 Å². The van der Waals surface area contributed by atoms with Crippen molar-refractivity contribution in [3.63, 3.8) is 0 Å². The van der Waals surface area contributed by atoms with Gasteiger partial charge in [-0.2, -0.15) is 0 Å². The number of hydrogen-bond donors (Lipinski definition) is 1. The predicted molar refractivity (Wildman–Crippen MR) is 50.1 cm³/mol. The largest absolute Gasteiger partial charge is 0.512 e. The molecule has 0 aromatic heterocycles. The first kappa shape index (κ1) is 11.0. The molecule has 0 saturated heterocycles. The maximum absolute atomic E-state index is 9.92. The van der Waals surface area contributed by atoms with Crippen molar-refractivity contribution in [2.24, 2.45) is 0 Å². The number of carbonyl (C=O) groups is 1. The Morgan fingerprint density at radius 3 is 2.75 bits per heavy atom. The highest BCUT2D eigenvalue weighted by atomic mass is 35.5. The van der Waals surface area contributed by atoms with Gasteiger partial charge in [0.1, 0.15) is 6.29 Å². The van der Waals surface area contributed by atoms with E-state index in [2.05, 4.69) is 6.58 Å². The fourth-order valence-electron chi connectivity index (χ4n) is 0.599. The number of aliphatic hydroxyl groups excluding tert-OH is 1. The Morgan fingerprint density at radius 1 is 1.58 bits per heavy atom. The third-order valence-corrected chi connectivity index (χ3v) is 1.33. The number of rotatable bonds is 5. The van der Waals surface area contributed by atoms with Crippen LogP contribution in [0.25, 0.3) is 0 Å². The van der Waals surface area contributed by atoms with Gasteiger partial charge in [-0.15, -0.1) is 0 Å². The third-order valence-electron chi connectivity index (χ3n) is 1.10. The number of allylic oxidation sites excluding steroid dienone is 5. The zero-order valence-electron chi connectivity index (χ0n) is 6.66. The Kier molecular flexibility index (Phi) is 6.11. The molecule has 0 aromatic rings. The van der Waals surface area contributed by atoms with E-state index in [1.807, 2.05) is 0 Å². The number of hydrogen-bond acceptors (Lipinski definition) is 2. The first-order chi connectivity index (χ1) is 5.70. The van der Waals surface area contributed by atoms with Crippen LogP contribution in [0.5, 0.6) is 0 Å². The topological polar surface area (TPSA) is 37.3 Å². The van der Waals surface area contributed by atoms with Crippen molar-refractivity contribution in [1.82, 2.24) is 0 Å². The van der Waals surface area contributed by atoms with Gasteiger partial charge in [0.05, 0.1) is 5.76 Å². The van der Waals surface area contributed by atoms with Crippen LogP contribution in [0.2, 0.25) is 0 Å². The van der Waals surface area contributed by atoms with Gasteiger partial charge in [0.2, 0.25) is 0 Å². The molecule has 66 valence electrons. The summed E-state index contributed by atoms with van der Waals surface area (Å²) in [6.45, 7) is 3.44. The van der Waals surface area contributed by atoms with Gasteiger partial charge in [-0.25, -0.2) is 0 Å². The van der Waals surface area contributed by atoms with Crippen LogP contribution >= 0.6 is 11.6 Å². The van der Waals surface area contributed by atoms with Crippen molar-refractivity contribution in [2.75, 3.05) is 0 Å². The van der Waals surface area contributed by atoms with Gasteiger partial charge >= 0.3 is 0 Å². The normalized spacial score (nSPS) is 12.8. The summed E-state index contributed by atoms with van der Waals surface area (Å²) in [5.41, 5.74) is 0. The van der Waals surface area contributed by atoms with Crippen molar-refractivity contribution in [2.45, 2.75) is 12.8 Å². The second kappa shape index (κ2) is 6.68. The molecule has 0 aliphatic heterocycles. The Bertz CT molecular complexity index is 217. The molecule has 0 heterocycles. The lowest BCUT2D eigenvalue weighted by molar-refractivity contribution is -0.107. The smallest absolute Gasteiger partial charge is 0.120 e. The van der Waals surface area contributed by atoms with Gasteiger partial charge in [-0.05, 0) is 12.2 Å². The van der Waals surface area contributed by atoms with E-state index in [0.29, 0.717) is 17.9 Å². The molecule has 0 aliphatic rings. The van der Waals surface area contributed by atoms with E-state index in [0.717, 1.165) is 6.29 Å². The monoisotopic (exact) mass is 186 g/mol. The molecule has 0 spiro atoms. The maximum atomic E-state index is 9.92. The Balaban J connectivity index is 4.05. The second-order valence-electron chi connectivity index (χ2n) is 2.13. The average Bonchev–Trinajstić information content (AvgIpc) is 2.01.